The van der Waals surface area contributed by atoms with E-state index in [1.165, 1.54) is 0 Å². The largest absolute Gasteiger partial charge is 0.494 e. The molecule has 5 nitrogen and oxygen atoms in total. The molecule has 0 saturated carbocycles. The summed E-state index contributed by atoms with van der Waals surface area (Å²) in [6, 6.07) is 14.1. The summed E-state index contributed by atoms with van der Waals surface area (Å²) in [5.74, 6) is 1.12. The van der Waals surface area contributed by atoms with Gasteiger partial charge in [0.05, 0.1) is 12.7 Å². The van der Waals surface area contributed by atoms with Crippen LogP contribution in [0.15, 0.2) is 54.3 Å². The number of carbonyl (C=O) groups excluding carboxylic acids is 1. The quantitative estimate of drug-likeness (QED) is 0.197. The van der Waals surface area contributed by atoms with Gasteiger partial charge in [-0.25, -0.2) is 0 Å². The Bertz CT molecular complexity index is 1230. The van der Waals surface area contributed by atoms with Crippen molar-refractivity contribution in [2.45, 2.75) is 109 Å². The topological polar surface area (TPSA) is 54.0 Å². The van der Waals surface area contributed by atoms with E-state index in [-0.39, 0.29) is 15.8 Å². The first kappa shape index (κ1) is 33.6. The first-order chi connectivity index (χ1) is 18.9. The van der Waals surface area contributed by atoms with Crippen molar-refractivity contribution in [3.63, 3.8) is 0 Å². The molecule has 0 saturated heterocycles. The van der Waals surface area contributed by atoms with Gasteiger partial charge in [-0.05, 0) is 90.6 Å². The lowest BCUT2D eigenvalue weighted by molar-refractivity contribution is -0.114. The van der Waals surface area contributed by atoms with Gasteiger partial charge < -0.3 is 18.3 Å². The second-order valence-electron chi connectivity index (χ2n) is 14.0. The number of carbonyl (C=O) groups is 1. The van der Waals surface area contributed by atoms with Gasteiger partial charge in [-0.2, -0.15) is 0 Å². The lowest BCUT2D eigenvalue weighted by atomic mass is 9.94. The highest BCUT2D eigenvalue weighted by atomic mass is 35.5. The molecule has 0 unspecified atom stereocenters. The van der Waals surface area contributed by atoms with Crippen LogP contribution >= 0.6 is 11.6 Å². The summed E-state index contributed by atoms with van der Waals surface area (Å²) in [4.78, 5) is 12.1. The van der Waals surface area contributed by atoms with E-state index in [4.69, 9.17) is 29.9 Å². The summed E-state index contributed by atoms with van der Waals surface area (Å²) in [5, 5.41) is 0.649. The standard InChI is InChI=1S/C33H49ClO5Si2/c1-12-36-26-16-13-23(14-17-26)19-25-20-24(15-18-28(25)34)30-31(39-41(10,11)33(5,6)7)29(21-27(22-35)37-30)38-40(8,9)32(2,3)4/h13-18,20-22,29-31H,12,19H2,1-11H3/t29-,30-,31+/m0/s1. The Balaban J connectivity index is 2.06. The smallest absolute Gasteiger partial charge is 0.193 e. The summed E-state index contributed by atoms with van der Waals surface area (Å²) >= 11 is 6.71. The van der Waals surface area contributed by atoms with Crippen molar-refractivity contribution in [1.29, 1.82) is 0 Å². The van der Waals surface area contributed by atoms with Gasteiger partial charge in [0.15, 0.2) is 34.8 Å². The van der Waals surface area contributed by atoms with Gasteiger partial charge in [-0.3, -0.25) is 4.79 Å². The SMILES string of the molecule is CCOc1ccc(Cc2cc([C@@H]3OC(C=O)=C[C@H](O[Si](C)(C)C(C)(C)C)[C@H]3O[Si](C)(C)C(C)(C)C)ccc2Cl)cc1. The van der Waals surface area contributed by atoms with Crippen LogP contribution in [-0.4, -0.2) is 41.7 Å². The van der Waals surface area contributed by atoms with Crippen LogP contribution in [0, 0.1) is 0 Å². The molecule has 8 heteroatoms. The van der Waals surface area contributed by atoms with Gasteiger partial charge in [0, 0.05) is 5.02 Å². The molecule has 0 N–H and O–H groups in total. The molecule has 2 aromatic rings. The van der Waals surface area contributed by atoms with Crippen LogP contribution in [0.1, 0.15) is 71.3 Å². The molecular weight excluding hydrogens is 568 g/mol. The van der Waals surface area contributed by atoms with Crippen LogP contribution in [0.3, 0.4) is 0 Å². The van der Waals surface area contributed by atoms with Gasteiger partial charge in [0.25, 0.3) is 0 Å². The highest BCUT2D eigenvalue weighted by molar-refractivity contribution is 6.74. The lowest BCUT2D eigenvalue weighted by Gasteiger charge is -2.47. The molecule has 0 aromatic heterocycles. The molecule has 0 radical (unpaired) electrons. The summed E-state index contributed by atoms with van der Waals surface area (Å²) in [6.45, 7) is 24.9. The molecule has 0 amide bonds. The van der Waals surface area contributed by atoms with Crippen molar-refractivity contribution in [2.24, 2.45) is 0 Å². The van der Waals surface area contributed by atoms with E-state index < -0.39 is 34.9 Å². The zero-order valence-corrected chi connectivity index (χ0v) is 29.5. The summed E-state index contributed by atoms with van der Waals surface area (Å²) < 4.78 is 26.0. The molecule has 2 aromatic carbocycles. The van der Waals surface area contributed by atoms with Crippen LogP contribution < -0.4 is 4.74 Å². The third-order valence-electron chi connectivity index (χ3n) is 8.83. The van der Waals surface area contributed by atoms with E-state index >= 15 is 0 Å². The second kappa shape index (κ2) is 12.8. The fraction of sp³-hybridized carbons (Fsp3) is 0.545. The highest BCUT2D eigenvalue weighted by Crippen LogP contribution is 2.45. The first-order valence-corrected chi connectivity index (χ1v) is 20.8. The Morgan fingerprint density at radius 3 is 2.02 bits per heavy atom. The average molecular weight is 617 g/mol. The third-order valence-corrected chi connectivity index (χ3v) is 18.1. The Morgan fingerprint density at radius 1 is 0.902 bits per heavy atom. The van der Waals surface area contributed by atoms with E-state index in [0.29, 0.717) is 18.1 Å². The van der Waals surface area contributed by atoms with Crippen molar-refractivity contribution in [3.8, 4) is 5.75 Å². The van der Waals surface area contributed by atoms with Gasteiger partial charge in [-0.15, -0.1) is 0 Å². The maximum Gasteiger partial charge on any atom is 0.193 e. The fourth-order valence-corrected chi connectivity index (χ4v) is 6.98. The van der Waals surface area contributed by atoms with Crippen molar-refractivity contribution in [2.75, 3.05) is 6.61 Å². The normalized spacial score (nSPS) is 20.3. The maximum absolute atomic E-state index is 12.1. The number of rotatable bonds is 10. The molecule has 1 aliphatic rings. The minimum absolute atomic E-state index is 0.0112. The molecule has 3 atom stereocenters. The fourth-order valence-electron chi connectivity index (χ4n) is 4.27. The van der Waals surface area contributed by atoms with Gasteiger partial charge in [-0.1, -0.05) is 77.4 Å². The summed E-state index contributed by atoms with van der Waals surface area (Å²) in [6.07, 6.45) is 1.87. The van der Waals surface area contributed by atoms with Crippen LogP contribution in [0.25, 0.3) is 0 Å². The number of aldehydes is 1. The molecule has 0 spiro atoms. The average Bonchev–Trinajstić information content (AvgIpc) is 2.86. The van der Waals surface area contributed by atoms with Crippen molar-refractivity contribution in [1.82, 2.24) is 0 Å². The number of allylic oxidation sites excluding steroid dienone is 1. The molecule has 0 fully saturated rings. The van der Waals surface area contributed by atoms with Gasteiger partial charge >= 0.3 is 0 Å². The van der Waals surface area contributed by atoms with Crippen LogP contribution in [-0.2, 0) is 24.8 Å². The van der Waals surface area contributed by atoms with E-state index in [1.54, 1.807) is 0 Å². The van der Waals surface area contributed by atoms with Crippen molar-refractivity contribution < 1.29 is 23.1 Å². The van der Waals surface area contributed by atoms with E-state index in [2.05, 4.69) is 85.9 Å². The molecule has 0 bridgehead atoms. The maximum atomic E-state index is 12.1. The Hall–Kier alpha value is -1.91. The molecular formula is C33H49ClO5Si2. The molecule has 1 aliphatic heterocycles. The highest BCUT2D eigenvalue weighted by Gasteiger charge is 2.49. The first-order valence-electron chi connectivity index (χ1n) is 14.6. The Morgan fingerprint density at radius 2 is 1.49 bits per heavy atom. The summed E-state index contributed by atoms with van der Waals surface area (Å²) in [5.41, 5.74) is 3.01. The van der Waals surface area contributed by atoms with Crippen LogP contribution in [0.2, 0.25) is 41.3 Å². The number of hydrogen-bond acceptors (Lipinski definition) is 5. The third kappa shape index (κ3) is 8.14. The molecule has 41 heavy (non-hydrogen) atoms. The Kier molecular flexibility index (Phi) is 10.5. The van der Waals surface area contributed by atoms with Gasteiger partial charge in [0.2, 0.25) is 0 Å². The minimum atomic E-state index is -2.26. The molecule has 226 valence electrons. The minimum Gasteiger partial charge on any atom is -0.494 e. The monoisotopic (exact) mass is 616 g/mol. The summed E-state index contributed by atoms with van der Waals surface area (Å²) in [7, 11) is -4.48. The van der Waals surface area contributed by atoms with E-state index in [1.807, 2.05) is 37.3 Å². The zero-order valence-electron chi connectivity index (χ0n) is 26.8. The molecule has 1 heterocycles. The van der Waals surface area contributed by atoms with E-state index in [9.17, 15) is 4.79 Å². The zero-order chi connectivity index (χ0) is 30.8. The molecule has 3 rings (SSSR count). The van der Waals surface area contributed by atoms with Crippen molar-refractivity contribution >= 4 is 34.5 Å². The lowest BCUT2D eigenvalue weighted by Crippen LogP contribution is -2.54. The second-order valence-corrected chi connectivity index (χ2v) is 23.9. The Labute approximate surface area is 254 Å². The number of halogens is 1. The van der Waals surface area contributed by atoms with Crippen molar-refractivity contribution in [3.05, 3.63) is 76.0 Å². The van der Waals surface area contributed by atoms with Gasteiger partial charge in [0.1, 0.15) is 11.9 Å². The van der Waals surface area contributed by atoms with Crippen LogP contribution in [0.4, 0.5) is 0 Å². The predicted molar refractivity (Wildman–Crippen MR) is 174 cm³/mol. The number of hydrogen-bond donors (Lipinski definition) is 0. The predicted octanol–water partition coefficient (Wildman–Crippen LogP) is 9.26. The number of benzene rings is 2. The molecule has 0 aliphatic carbocycles. The van der Waals surface area contributed by atoms with Crippen LogP contribution in [0.5, 0.6) is 5.75 Å². The number of ether oxygens (including phenoxy) is 2. The van der Waals surface area contributed by atoms with E-state index in [0.717, 1.165) is 28.7 Å².